The maximum absolute atomic E-state index is 11.6. The lowest BCUT2D eigenvalue weighted by molar-refractivity contribution is -0.121. The average molecular weight is 264 g/mol. The Hall–Kier alpha value is -2.38. The highest BCUT2D eigenvalue weighted by Crippen LogP contribution is 2.09. The molecular formula is C11H16N6O2. The molecule has 0 saturated heterocycles. The number of nitrogens with zero attached hydrogens (tertiary/aromatic N) is 3. The predicted octanol–water partition coefficient (Wildman–Crippen LogP) is -0.337. The number of rotatable bonds is 4. The predicted molar refractivity (Wildman–Crippen MR) is 70.1 cm³/mol. The van der Waals surface area contributed by atoms with Crippen LogP contribution >= 0.6 is 0 Å². The number of amides is 1. The summed E-state index contributed by atoms with van der Waals surface area (Å²) in [6.07, 6.45) is 0. The van der Waals surface area contributed by atoms with Gasteiger partial charge < -0.3 is 10.6 Å². The number of fused-ring (bicyclic) bond motifs is 1. The van der Waals surface area contributed by atoms with E-state index in [-0.39, 0.29) is 11.6 Å². The molecular weight excluding hydrogens is 248 g/mol. The Morgan fingerprint density at radius 1 is 1.58 bits per heavy atom. The van der Waals surface area contributed by atoms with Gasteiger partial charge in [-0.15, -0.1) is 0 Å². The second-order valence-electron chi connectivity index (χ2n) is 4.17. The first kappa shape index (κ1) is 13.1. The van der Waals surface area contributed by atoms with E-state index in [9.17, 15) is 9.59 Å². The molecule has 0 aromatic carbocycles. The molecule has 8 nitrogen and oxygen atoms in total. The minimum absolute atomic E-state index is 0.110. The first-order valence-electron chi connectivity index (χ1n) is 6.02. The third-order valence-corrected chi connectivity index (χ3v) is 2.68. The highest BCUT2D eigenvalue weighted by Gasteiger charge is 2.13. The van der Waals surface area contributed by atoms with E-state index in [0.29, 0.717) is 23.8 Å². The van der Waals surface area contributed by atoms with Crippen molar-refractivity contribution in [1.29, 1.82) is 0 Å². The first-order valence-corrected chi connectivity index (χ1v) is 6.02. The summed E-state index contributed by atoms with van der Waals surface area (Å²) < 4.78 is 1.36. The molecule has 8 heteroatoms. The Labute approximate surface area is 109 Å². The van der Waals surface area contributed by atoms with Gasteiger partial charge in [-0.25, -0.2) is 19.3 Å². The molecule has 0 aliphatic heterocycles. The SMILES string of the molecule is CCNC(=O)C(C)Nc1cc2n[nH]c(=O)n2c(C)n1. The topological polar surface area (TPSA) is 104 Å². The summed E-state index contributed by atoms with van der Waals surface area (Å²) in [5, 5.41) is 11.9. The van der Waals surface area contributed by atoms with E-state index in [0.717, 1.165) is 0 Å². The van der Waals surface area contributed by atoms with Gasteiger partial charge in [0, 0.05) is 12.6 Å². The summed E-state index contributed by atoms with van der Waals surface area (Å²) in [6.45, 7) is 5.87. The number of nitrogens with one attached hydrogen (secondary N) is 3. The van der Waals surface area contributed by atoms with Crippen LogP contribution in [0, 0.1) is 6.92 Å². The number of hydrogen-bond acceptors (Lipinski definition) is 5. The highest BCUT2D eigenvalue weighted by atomic mass is 16.2. The Kier molecular flexibility index (Phi) is 3.50. The largest absolute Gasteiger partial charge is 0.358 e. The number of carbonyl (C=O) groups is 1. The van der Waals surface area contributed by atoms with E-state index in [4.69, 9.17) is 0 Å². The highest BCUT2D eigenvalue weighted by molar-refractivity contribution is 5.83. The first-order chi connectivity index (χ1) is 9.02. The van der Waals surface area contributed by atoms with Crippen LogP contribution in [0.15, 0.2) is 10.9 Å². The zero-order valence-corrected chi connectivity index (χ0v) is 11.0. The van der Waals surface area contributed by atoms with Gasteiger partial charge in [0.2, 0.25) is 5.91 Å². The van der Waals surface area contributed by atoms with Crippen LogP contribution in [0.3, 0.4) is 0 Å². The number of hydrogen-bond donors (Lipinski definition) is 3. The van der Waals surface area contributed by atoms with Crippen LogP contribution in [-0.4, -0.2) is 38.1 Å². The van der Waals surface area contributed by atoms with Crippen molar-refractivity contribution in [3.63, 3.8) is 0 Å². The number of anilines is 1. The van der Waals surface area contributed by atoms with Crippen LogP contribution in [-0.2, 0) is 4.79 Å². The van der Waals surface area contributed by atoms with Gasteiger partial charge in [-0.05, 0) is 20.8 Å². The lowest BCUT2D eigenvalue weighted by Gasteiger charge is -2.14. The molecule has 0 saturated carbocycles. The van der Waals surface area contributed by atoms with Crippen LogP contribution in [0.1, 0.15) is 19.7 Å². The fourth-order valence-corrected chi connectivity index (χ4v) is 1.79. The van der Waals surface area contributed by atoms with Crippen molar-refractivity contribution in [2.45, 2.75) is 26.8 Å². The van der Waals surface area contributed by atoms with Crippen molar-refractivity contribution in [2.75, 3.05) is 11.9 Å². The number of likely N-dealkylation sites (N-methyl/N-ethyl adjacent to an activating group) is 1. The van der Waals surface area contributed by atoms with Crippen LogP contribution < -0.4 is 16.3 Å². The third kappa shape index (κ3) is 2.56. The average Bonchev–Trinajstić information content (AvgIpc) is 2.71. The minimum atomic E-state index is -0.417. The van der Waals surface area contributed by atoms with Crippen molar-refractivity contribution in [3.8, 4) is 0 Å². The van der Waals surface area contributed by atoms with Gasteiger partial charge >= 0.3 is 5.69 Å². The van der Waals surface area contributed by atoms with Crippen LogP contribution in [0.25, 0.3) is 5.65 Å². The standard InChI is InChI=1S/C11H16N6O2/c1-4-12-10(18)6(2)13-8-5-9-15-16-11(19)17(9)7(3)14-8/h5-6,13H,4H2,1-3H3,(H,12,18)(H,16,19). The van der Waals surface area contributed by atoms with Crippen molar-refractivity contribution < 1.29 is 4.79 Å². The number of H-pyrrole nitrogens is 1. The molecule has 19 heavy (non-hydrogen) atoms. The lowest BCUT2D eigenvalue weighted by Crippen LogP contribution is -2.37. The molecule has 2 rings (SSSR count). The summed E-state index contributed by atoms with van der Waals surface area (Å²) in [4.78, 5) is 27.3. The van der Waals surface area contributed by atoms with Crippen LogP contribution in [0.4, 0.5) is 5.82 Å². The smallest absolute Gasteiger partial charge is 0.349 e. The van der Waals surface area contributed by atoms with Gasteiger partial charge in [0.05, 0.1) is 0 Å². The molecule has 1 unspecified atom stereocenters. The van der Waals surface area contributed by atoms with Crippen molar-refractivity contribution >= 4 is 17.4 Å². The van der Waals surface area contributed by atoms with Gasteiger partial charge in [-0.2, -0.15) is 5.10 Å². The third-order valence-electron chi connectivity index (χ3n) is 2.68. The molecule has 0 aliphatic rings. The van der Waals surface area contributed by atoms with Gasteiger partial charge in [-0.3, -0.25) is 4.79 Å². The molecule has 0 radical (unpaired) electrons. The van der Waals surface area contributed by atoms with Gasteiger partial charge in [0.1, 0.15) is 17.7 Å². The van der Waals surface area contributed by atoms with E-state index < -0.39 is 6.04 Å². The van der Waals surface area contributed by atoms with E-state index in [1.807, 2.05) is 6.92 Å². The molecule has 1 amide bonds. The molecule has 1 atom stereocenters. The quantitative estimate of drug-likeness (QED) is 0.701. The molecule has 2 aromatic rings. The second-order valence-corrected chi connectivity index (χ2v) is 4.17. The Bertz CT molecular complexity index is 659. The molecule has 0 aliphatic carbocycles. The number of aryl methyl sites for hydroxylation is 1. The zero-order chi connectivity index (χ0) is 14.0. The van der Waals surface area contributed by atoms with Gasteiger partial charge in [0.15, 0.2) is 5.65 Å². The monoisotopic (exact) mass is 264 g/mol. The van der Waals surface area contributed by atoms with Gasteiger partial charge in [0.25, 0.3) is 0 Å². The Morgan fingerprint density at radius 3 is 3.00 bits per heavy atom. The summed E-state index contributed by atoms with van der Waals surface area (Å²) in [7, 11) is 0. The number of aromatic amines is 1. The lowest BCUT2D eigenvalue weighted by atomic mass is 10.3. The zero-order valence-electron chi connectivity index (χ0n) is 11.0. The molecule has 102 valence electrons. The van der Waals surface area contributed by atoms with E-state index in [2.05, 4.69) is 25.8 Å². The summed E-state index contributed by atoms with van der Waals surface area (Å²) in [6, 6.07) is 1.20. The maximum atomic E-state index is 11.6. The molecule has 2 aromatic heterocycles. The van der Waals surface area contributed by atoms with Crippen LogP contribution in [0.2, 0.25) is 0 Å². The Morgan fingerprint density at radius 2 is 2.32 bits per heavy atom. The second kappa shape index (κ2) is 5.09. The van der Waals surface area contributed by atoms with E-state index in [1.165, 1.54) is 4.40 Å². The van der Waals surface area contributed by atoms with Crippen molar-refractivity contribution in [3.05, 3.63) is 22.4 Å². The Balaban J connectivity index is 2.27. The van der Waals surface area contributed by atoms with E-state index >= 15 is 0 Å². The van der Waals surface area contributed by atoms with Crippen LogP contribution in [0.5, 0.6) is 0 Å². The number of carbonyl (C=O) groups excluding carboxylic acids is 1. The summed E-state index contributed by atoms with van der Waals surface area (Å²) in [5.41, 5.74) is 0.131. The van der Waals surface area contributed by atoms with Crippen molar-refractivity contribution in [2.24, 2.45) is 0 Å². The molecule has 0 spiro atoms. The minimum Gasteiger partial charge on any atom is -0.358 e. The van der Waals surface area contributed by atoms with Gasteiger partial charge in [-0.1, -0.05) is 0 Å². The molecule has 2 heterocycles. The number of aromatic nitrogens is 4. The van der Waals surface area contributed by atoms with Crippen molar-refractivity contribution in [1.82, 2.24) is 24.9 Å². The normalized spacial score (nSPS) is 12.4. The summed E-state index contributed by atoms with van der Waals surface area (Å²) in [5.74, 6) is 0.894. The fraction of sp³-hybridized carbons (Fsp3) is 0.455. The summed E-state index contributed by atoms with van der Waals surface area (Å²) >= 11 is 0. The van der Waals surface area contributed by atoms with E-state index in [1.54, 1.807) is 19.9 Å². The molecule has 0 fully saturated rings. The fourth-order valence-electron chi connectivity index (χ4n) is 1.79. The molecule has 3 N–H and O–H groups in total. The molecule has 0 bridgehead atoms. The maximum Gasteiger partial charge on any atom is 0.349 e.